The molecule has 6 nitrogen and oxygen atoms in total. The molecule has 3 N–H and O–H groups in total. The molecule has 142 valence electrons. The summed E-state index contributed by atoms with van der Waals surface area (Å²) in [7, 11) is 0. The number of nitrogens with one attached hydrogen (secondary N) is 1. The third kappa shape index (κ3) is 8.67. The molecule has 0 saturated carbocycles. The summed E-state index contributed by atoms with van der Waals surface area (Å²) in [5.41, 5.74) is 5.81. The van der Waals surface area contributed by atoms with Gasteiger partial charge in [-0.3, -0.25) is 14.8 Å². The molecule has 2 rings (SSSR count). The fourth-order valence-electron chi connectivity index (χ4n) is 2.92. The molecule has 2 aliphatic heterocycles. The van der Waals surface area contributed by atoms with E-state index in [1.165, 1.54) is 4.90 Å². The molecule has 0 aromatic carbocycles. The maximum Gasteiger partial charge on any atom is 0.401 e. The van der Waals surface area contributed by atoms with E-state index in [0.717, 1.165) is 39.3 Å². The van der Waals surface area contributed by atoms with Gasteiger partial charge in [0.2, 0.25) is 0 Å². The lowest BCUT2D eigenvalue weighted by atomic mass is 10.3. The highest BCUT2D eigenvalue weighted by atomic mass is 127. The van der Waals surface area contributed by atoms with Crippen LogP contribution in [0.25, 0.3) is 0 Å². The van der Waals surface area contributed by atoms with Crippen molar-refractivity contribution >= 4 is 29.9 Å². The number of aliphatic imine (C=N–C) groups is 1. The number of guanidine groups is 1. The molecule has 0 aliphatic carbocycles. The zero-order chi connectivity index (χ0) is 16.7. The van der Waals surface area contributed by atoms with E-state index in [2.05, 4.69) is 15.2 Å². The van der Waals surface area contributed by atoms with E-state index in [4.69, 9.17) is 10.5 Å². The molecule has 0 bridgehead atoms. The normalized spacial score (nSPS) is 24.0. The summed E-state index contributed by atoms with van der Waals surface area (Å²) in [5, 5.41) is 3.02. The SMILES string of the molecule is I.NC(=NCCCN1CCOCC1)NC1CCN(CC(F)(F)F)C1. The largest absolute Gasteiger partial charge is 0.401 e. The second-order valence-electron chi connectivity index (χ2n) is 6.05. The Morgan fingerprint density at radius 3 is 2.58 bits per heavy atom. The molecular formula is C14H27F3IN5O. The Bertz CT molecular complexity index is 391. The lowest BCUT2D eigenvalue weighted by Crippen LogP contribution is -2.42. The van der Waals surface area contributed by atoms with Gasteiger partial charge in [0, 0.05) is 45.3 Å². The Labute approximate surface area is 158 Å². The van der Waals surface area contributed by atoms with Crippen LogP contribution in [-0.4, -0.2) is 87.0 Å². The van der Waals surface area contributed by atoms with Crippen LogP contribution in [0.2, 0.25) is 0 Å². The zero-order valence-corrected chi connectivity index (χ0v) is 16.1. The highest BCUT2D eigenvalue weighted by molar-refractivity contribution is 14.0. The van der Waals surface area contributed by atoms with Gasteiger partial charge in [-0.25, -0.2) is 0 Å². The van der Waals surface area contributed by atoms with E-state index in [-0.39, 0.29) is 30.0 Å². The van der Waals surface area contributed by atoms with Crippen LogP contribution in [0, 0.1) is 0 Å². The van der Waals surface area contributed by atoms with E-state index < -0.39 is 12.7 Å². The first-order chi connectivity index (χ1) is 10.9. The van der Waals surface area contributed by atoms with Crippen LogP contribution in [0.5, 0.6) is 0 Å². The maximum atomic E-state index is 12.3. The van der Waals surface area contributed by atoms with Crippen molar-refractivity contribution in [2.45, 2.75) is 25.1 Å². The van der Waals surface area contributed by atoms with Crippen LogP contribution in [0.3, 0.4) is 0 Å². The minimum Gasteiger partial charge on any atom is -0.379 e. The minimum absolute atomic E-state index is 0. The topological polar surface area (TPSA) is 66.1 Å². The second-order valence-corrected chi connectivity index (χ2v) is 6.05. The van der Waals surface area contributed by atoms with Crippen LogP contribution >= 0.6 is 24.0 Å². The van der Waals surface area contributed by atoms with E-state index in [1.54, 1.807) is 0 Å². The van der Waals surface area contributed by atoms with Crippen LogP contribution in [0.4, 0.5) is 13.2 Å². The number of ether oxygens (including phenoxy) is 1. The van der Waals surface area contributed by atoms with Crippen molar-refractivity contribution < 1.29 is 17.9 Å². The van der Waals surface area contributed by atoms with Gasteiger partial charge < -0.3 is 15.8 Å². The monoisotopic (exact) mass is 465 g/mol. The predicted molar refractivity (Wildman–Crippen MR) is 97.8 cm³/mol. The summed E-state index contributed by atoms with van der Waals surface area (Å²) < 4.78 is 42.3. The molecule has 2 heterocycles. The second kappa shape index (κ2) is 10.6. The third-order valence-electron chi connectivity index (χ3n) is 4.05. The van der Waals surface area contributed by atoms with E-state index in [0.29, 0.717) is 32.0 Å². The smallest absolute Gasteiger partial charge is 0.379 e. The van der Waals surface area contributed by atoms with Crippen molar-refractivity contribution in [1.82, 2.24) is 15.1 Å². The predicted octanol–water partition coefficient (Wildman–Crippen LogP) is 0.868. The van der Waals surface area contributed by atoms with Gasteiger partial charge in [-0.15, -0.1) is 24.0 Å². The van der Waals surface area contributed by atoms with Gasteiger partial charge in [0.1, 0.15) is 0 Å². The van der Waals surface area contributed by atoms with E-state index in [1.807, 2.05) is 0 Å². The van der Waals surface area contributed by atoms with Gasteiger partial charge in [-0.1, -0.05) is 0 Å². The van der Waals surface area contributed by atoms with E-state index >= 15 is 0 Å². The van der Waals surface area contributed by atoms with E-state index in [9.17, 15) is 13.2 Å². The molecule has 0 spiro atoms. The summed E-state index contributed by atoms with van der Waals surface area (Å²) in [4.78, 5) is 7.98. The summed E-state index contributed by atoms with van der Waals surface area (Å²) in [6.07, 6.45) is -2.58. The Kier molecular flexibility index (Phi) is 9.60. The maximum absolute atomic E-state index is 12.3. The number of rotatable bonds is 6. The van der Waals surface area contributed by atoms with Crippen molar-refractivity contribution in [1.29, 1.82) is 0 Å². The molecule has 0 radical (unpaired) electrons. The summed E-state index contributed by atoms with van der Waals surface area (Å²) in [6, 6.07) is -0.0552. The molecule has 2 saturated heterocycles. The molecule has 2 fully saturated rings. The minimum atomic E-state index is -4.14. The molecule has 2 aliphatic rings. The Morgan fingerprint density at radius 2 is 1.92 bits per heavy atom. The summed E-state index contributed by atoms with van der Waals surface area (Å²) >= 11 is 0. The first kappa shape index (κ1) is 21.7. The molecule has 1 unspecified atom stereocenters. The quantitative estimate of drug-likeness (QED) is 0.264. The van der Waals surface area contributed by atoms with Crippen LogP contribution < -0.4 is 11.1 Å². The highest BCUT2D eigenvalue weighted by Crippen LogP contribution is 2.19. The standard InChI is InChI=1S/C14H26F3N5O.HI/c15-14(16,17)11-22-5-2-12(10-22)20-13(18)19-3-1-4-21-6-8-23-9-7-21;/h12H,1-11H2,(H3,18,19,20);1H. The molecule has 0 amide bonds. The molecule has 10 heteroatoms. The number of halogens is 4. The fraction of sp³-hybridized carbons (Fsp3) is 0.929. The Hall–Kier alpha value is -0.330. The average molecular weight is 465 g/mol. The first-order valence-electron chi connectivity index (χ1n) is 8.08. The van der Waals surface area contributed by atoms with Crippen molar-refractivity contribution in [3.05, 3.63) is 0 Å². The van der Waals surface area contributed by atoms with Crippen molar-refractivity contribution in [2.24, 2.45) is 10.7 Å². The van der Waals surface area contributed by atoms with Crippen LogP contribution in [0.1, 0.15) is 12.8 Å². The number of hydrogen-bond donors (Lipinski definition) is 2. The number of hydrogen-bond acceptors (Lipinski definition) is 4. The fourth-order valence-corrected chi connectivity index (χ4v) is 2.92. The van der Waals surface area contributed by atoms with Crippen molar-refractivity contribution in [3.63, 3.8) is 0 Å². The van der Waals surface area contributed by atoms with Gasteiger partial charge in [-0.05, 0) is 12.8 Å². The van der Waals surface area contributed by atoms with Gasteiger partial charge in [0.15, 0.2) is 5.96 Å². The zero-order valence-electron chi connectivity index (χ0n) is 13.7. The summed E-state index contributed by atoms with van der Waals surface area (Å²) in [6.45, 7) is 4.97. The lowest BCUT2D eigenvalue weighted by molar-refractivity contribution is -0.143. The third-order valence-corrected chi connectivity index (χ3v) is 4.05. The molecule has 0 aromatic heterocycles. The molecular weight excluding hydrogens is 438 g/mol. The van der Waals surface area contributed by atoms with Crippen LogP contribution in [0.15, 0.2) is 4.99 Å². The van der Waals surface area contributed by atoms with Gasteiger partial charge in [-0.2, -0.15) is 13.2 Å². The molecule has 0 aromatic rings. The number of alkyl halides is 3. The Balaban J connectivity index is 0.00000288. The lowest BCUT2D eigenvalue weighted by Gasteiger charge is -2.26. The Morgan fingerprint density at radius 1 is 1.21 bits per heavy atom. The average Bonchev–Trinajstić information content (AvgIpc) is 2.89. The number of nitrogens with two attached hydrogens (primary N) is 1. The van der Waals surface area contributed by atoms with Gasteiger partial charge in [0.25, 0.3) is 0 Å². The molecule has 24 heavy (non-hydrogen) atoms. The highest BCUT2D eigenvalue weighted by Gasteiger charge is 2.34. The summed E-state index contributed by atoms with van der Waals surface area (Å²) in [5.74, 6) is 0.325. The van der Waals surface area contributed by atoms with Gasteiger partial charge >= 0.3 is 6.18 Å². The van der Waals surface area contributed by atoms with Crippen molar-refractivity contribution in [3.8, 4) is 0 Å². The molecule has 1 atom stereocenters. The number of morpholine rings is 1. The number of likely N-dealkylation sites (tertiary alicyclic amines) is 1. The number of nitrogens with zero attached hydrogens (tertiary/aromatic N) is 3. The van der Waals surface area contributed by atoms with Gasteiger partial charge in [0.05, 0.1) is 19.8 Å². The van der Waals surface area contributed by atoms with Crippen molar-refractivity contribution in [2.75, 3.05) is 59.0 Å². The van der Waals surface area contributed by atoms with Crippen LogP contribution in [-0.2, 0) is 4.74 Å². The first-order valence-corrected chi connectivity index (χ1v) is 8.08.